The number of benzene rings is 1. The maximum atomic E-state index is 4.07. The van der Waals surface area contributed by atoms with Crippen molar-refractivity contribution < 1.29 is 0 Å². The molecule has 1 aromatic carbocycles. The molecule has 2 heterocycles. The van der Waals surface area contributed by atoms with E-state index in [2.05, 4.69) is 33.7 Å². The molecule has 4 heteroatoms. The minimum atomic E-state index is 0.772. The van der Waals surface area contributed by atoms with Gasteiger partial charge < -0.3 is 5.32 Å². The summed E-state index contributed by atoms with van der Waals surface area (Å²) in [6.07, 6.45) is 1.77. The monoisotopic (exact) mass is 186 g/mol. The van der Waals surface area contributed by atoms with Crippen LogP contribution in [0.5, 0.6) is 0 Å². The van der Waals surface area contributed by atoms with E-state index in [1.54, 1.807) is 6.33 Å². The Morgan fingerprint density at radius 3 is 3.14 bits per heavy atom. The predicted molar refractivity (Wildman–Crippen MR) is 51.9 cm³/mol. The highest BCUT2D eigenvalue weighted by Crippen LogP contribution is 2.17. The summed E-state index contributed by atoms with van der Waals surface area (Å²) in [5.74, 6) is 0.968. The van der Waals surface area contributed by atoms with Crippen molar-refractivity contribution in [1.29, 1.82) is 0 Å². The highest BCUT2D eigenvalue weighted by Gasteiger charge is 2.13. The van der Waals surface area contributed by atoms with Crippen LogP contribution in [0.25, 0.3) is 5.69 Å². The van der Waals surface area contributed by atoms with Gasteiger partial charge in [0.1, 0.15) is 6.33 Å². The molecule has 70 valence electrons. The third-order valence-electron chi connectivity index (χ3n) is 2.47. The predicted octanol–water partition coefficient (Wildman–Crippen LogP) is 0.870. The van der Waals surface area contributed by atoms with Crippen molar-refractivity contribution in [2.75, 3.05) is 0 Å². The summed E-state index contributed by atoms with van der Waals surface area (Å²) in [6.45, 7) is 1.66. The smallest absolute Gasteiger partial charge is 0.151 e. The van der Waals surface area contributed by atoms with Crippen molar-refractivity contribution in [2.24, 2.45) is 0 Å². The number of nitrogens with one attached hydrogen (secondary N) is 1. The van der Waals surface area contributed by atoms with Crippen molar-refractivity contribution >= 4 is 0 Å². The molecular formula is C10H10N4. The summed E-state index contributed by atoms with van der Waals surface area (Å²) >= 11 is 0. The van der Waals surface area contributed by atoms with Crippen molar-refractivity contribution in [1.82, 2.24) is 20.1 Å². The van der Waals surface area contributed by atoms with Gasteiger partial charge in [0.25, 0.3) is 0 Å². The van der Waals surface area contributed by atoms with Crippen LogP contribution in [0.4, 0.5) is 0 Å². The van der Waals surface area contributed by atoms with Crippen molar-refractivity contribution in [3.8, 4) is 5.69 Å². The zero-order chi connectivity index (χ0) is 9.38. The highest BCUT2D eigenvalue weighted by atomic mass is 15.3. The Kier molecular flexibility index (Phi) is 1.61. The lowest BCUT2D eigenvalue weighted by atomic mass is 10.2. The van der Waals surface area contributed by atoms with Gasteiger partial charge in [-0.15, -0.1) is 10.2 Å². The summed E-state index contributed by atoms with van der Waals surface area (Å²) in [4.78, 5) is 0. The van der Waals surface area contributed by atoms with Crippen LogP contribution in [0.2, 0.25) is 0 Å². The van der Waals surface area contributed by atoms with Gasteiger partial charge in [0.05, 0.1) is 12.2 Å². The average Bonchev–Trinajstić information content (AvgIpc) is 2.61. The normalized spacial score (nSPS) is 14.3. The lowest BCUT2D eigenvalue weighted by Gasteiger charge is -2.05. The number of para-hydroxylation sites is 1. The molecule has 0 radical (unpaired) electrons. The Labute approximate surface area is 81.6 Å². The number of hydrogen-bond acceptors (Lipinski definition) is 3. The maximum absolute atomic E-state index is 4.07. The zero-order valence-corrected chi connectivity index (χ0v) is 7.64. The Morgan fingerprint density at radius 1 is 1.21 bits per heavy atom. The Morgan fingerprint density at radius 2 is 2.14 bits per heavy atom. The Balaban J connectivity index is 2.27. The molecule has 1 N–H and O–H groups in total. The third kappa shape index (κ3) is 1.04. The van der Waals surface area contributed by atoms with Gasteiger partial charge in [0, 0.05) is 6.54 Å². The van der Waals surface area contributed by atoms with E-state index >= 15 is 0 Å². The highest BCUT2D eigenvalue weighted by molar-refractivity contribution is 5.42. The van der Waals surface area contributed by atoms with E-state index in [-0.39, 0.29) is 0 Å². The van der Waals surface area contributed by atoms with Gasteiger partial charge in [0.15, 0.2) is 5.82 Å². The summed E-state index contributed by atoms with van der Waals surface area (Å²) in [6, 6.07) is 8.30. The van der Waals surface area contributed by atoms with Crippen LogP contribution in [0.1, 0.15) is 11.4 Å². The van der Waals surface area contributed by atoms with Gasteiger partial charge in [-0.05, 0) is 11.6 Å². The second-order valence-electron chi connectivity index (χ2n) is 3.35. The van der Waals surface area contributed by atoms with E-state index < -0.39 is 0 Å². The fraction of sp³-hybridized carbons (Fsp3) is 0.200. The van der Waals surface area contributed by atoms with E-state index in [0.717, 1.165) is 18.9 Å². The molecule has 2 aromatic rings. The van der Waals surface area contributed by atoms with Crippen LogP contribution in [-0.2, 0) is 13.1 Å². The molecule has 0 saturated carbocycles. The quantitative estimate of drug-likeness (QED) is 0.664. The van der Waals surface area contributed by atoms with E-state index in [1.165, 1.54) is 11.3 Å². The van der Waals surface area contributed by atoms with Crippen LogP contribution in [-0.4, -0.2) is 14.8 Å². The number of fused-ring (bicyclic) bond motifs is 3. The molecule has 0 fully saturated rings. The van der Waals surface area contributed by atoms with Gasteiger partial charge in [-0.1, -0.05) is 18.2 Å². The fourth-order valence-electron chi connectivity index (χ4n) is 1.78. The van der Waals surface area contributed by atoms with Crippen LogP contribution in [0, 0.1) is 0 Å². The Hall–Kier alpha value is -1.68. The third-order valence-corrected chi connectivity index (χ3v) is 2.47. The number of rotatable bonds is 0. The molecule has 1 aliphatic rings. The second kappa shape index (κ2) is 2.92. The summed E-state index contributed by atoms with van der Waals surface area (Å²) in [5.41, 5.74) is 2.46. The molecular weight excluding hydrogens is 176 g/mol. The van der Waals surface area contributed by atoms with E-state index in [1.807, 2.05) is 10.6 Å². The van der Waals surface area contributed by atoms with E-state index in [0.29, 0.717) is 0 Å². The molecule has 0 unspecified atom stereocenters. The molecule has 1 aromatic heterocycles. The first-order chi connectivity index (χ1) is 6.95. The SMILES string of the molecule is c1ccc2c(c1)CNCc1nncn1-2. The molecule has 4 nitrogen and oxygen atoms in total. The molecule has 0 atom stereocenters. The van der Waals surface area contributed by atoms with E-state index in [4.69, 9.17) is 0 Å². The van der Waals surface area contributed by atoms with Crippen molar-refractivity contribution in [3.05, 3.63) is 42.0 Å². The Bertz CT molecular complexity index is 461. The van der Waals surface area contributed by atoms with Crippen LogP contribution >= 0.6 is 0 Å². The molecule has 1 aliphatic heterocycles. The molecule has 0 aliphatic carbocycles. The van der Waals surface area contributed by atoms with Crippen LogP contribution in [0.15, 0.2) is 30.6 Å². The number of hydrogen-bond donors (Lipinski definition) is 1. The first-order valence-corrected chi connectivity index (χ1v) is 4.63. The fourth-order valence-corrected chi connectivity index (χ4v) is 1.78. The molecule has 14 heavy (non-hydrogen) atoms. The largest absolute Gasteiger partial charge is 0.306 e. The summed E-state index contributed by atoms with van der Waals surface area (Å²) in [5, 5.41) is 11.3. The van der Waals surface area contributed by atoms with Gasteiger partial charge >= 0.3 is 0 Å². The standard InChI is InChI=1S/C10H10N4/c1-2-4-9-8(3-1)5-11-6-10-13-12-7-14(9)10/h1-4,7,11H,5-6H2. The lowest BCUT2D eigenvalue weighted by molar-refractivity contribution is 0.674. The van der Waals surface area contributed by atoms with Crippen molar-refractivity contribution in [3.63, 3.8) is 0 Å². The molecule has 0 amide bonds. The summed E-state index contributed by atoms with van der Waals surface area (Å²) < 4.78 is 2.04. The van der Waals surface area contributed by atoms with Crippen LogP contribution in [0.3, 0.4) is 0 Å². The first-order valence-electron chi connectivity index (χ1n) is 4.63. The maximum Gasteiger partial charge on any atom is 0.151 e. The topological polar surface area (TPSA) is 42.7 Å². The zero-order valence-electron chi connectivity index (χ0n) is 7.64. The average molecular weight is 186 g/mol. The van der Waals surface area contributed by atoms with Crippen molar-refractivity contribution in [2.45, 2.75) is 13.1 Å². The van der Waals surface area contributed by atoms with E-state index in [9.17, 15) is 0 Å². The second-order valence-corrected chi connectivity index (χ2v) is 3.35. The van der Waals surface area contributed by atoms with Crippen LogP contribution < -0.4 is 5.32 Å². The number of aromatic nitrogens is 3. The van der Waals surface area contributed by atoms with Gasteiger partial charge in [-0.3, -0.25) is 4.57 Å². The molecule has 3 rings (SSSR count). The van der Waals surface area contributed by atoms with Gasteiger partial charge in [0.2, 0.25) is 0 Å². The minimum Gasteiger partial charge on any atom is -0.306 e. The lowest BCUT2D eigenvalue weighted by Crippen LogP contribution is -2.11. The van der Waals surface area contributed by atoms with Gasteiger partial charge in [-0.2, -0.15) is 0 Å². The number of nitrogens with zero attached hydrogens (tertiary/aromatic N) is 3. The molecule has 0 saturated heterocycles. The van der Waals surface area contributed by atoms with Gasteiger partial charge in [-0.25, -0.2) is 0 Å². The molecule has 0 spiro atoms. The minimum absolute atomic E-state index is 0.772. The first kappa shape index (κ1) is 7.70. The molecule has 0 bridgehead atoms. The summed E-state index contributed by atoms with van der Waals surface area (Å²) in [7, 11) is 0.